The largest absolute Gasteiger partial charge is 0.456 e. The maximum Gasteiger partial charge on any atom is 0.164 e. The van der Waals surface area contributed by atoms with Crippen LogP contribution in [0.15, 0.2) is 241 Å². The Morgan fingerprint density at radius 2 is 0.789 bits per heavy atom. The molecule has 0 atom stereocenters. The highest BCUT2D eigenvalue weighted by molar-refractivity contribution is 7.26. The third kappa shape index (κ3) is 5.85. The quantitative estimate of drug-likeness (QED) is 0.172. The van der Waals surface area contributed by atoms with Crippen LogP contribution in [0.25, 0.3) is 141 Å². The molecule has 76 heavy (non-hydrogen) atoms. The molecule has 352 valence electrons. The Hall–Kier alpha value is -9.33. The van der Waals surface area contributed by atoms with E-state index in [0.717, 1.165) is 55.1 Å². The van der Waals surface area contributed by atoms with E-state index in [2.05, 4.69) is 224 Å². The van der Waals surface area contributed by atoms with Crippen molar-refractivity contribution in [2.75, 3.05) is 0 Å². The monoisotopic (exact) mass is 1000 g/mol. The normalized spacial score (nSPS) is 13.1. The van der Waals surface area contributed by atoms with Crippen LogP contribution in [0.2, 0.25) is 0 Å². The van der Waals surface area contributed by atoms with Crippen LogP contribution in [0.4, 0.5) is 0 Å². The topological polar surface area (TPSA) is 51.8 Å². The van der Waals surface area contributed by atoms with Crippen LogP contribution in [0, 0.1) is 0 Å². The lowest BCUT2D eigenvalue weighted by Crippen LogP contribution is -2.25. The summed E-state index contributed by atoms with van der Waals surface area (Å²) in [5.41, 5.74) is 19.3. The molecular formula is C70H39N3OS2. The van der Waals surface area contributed by atoms with E-state index in [1.807, 2.05) is 23.5 Å². The molecule has 4 heterocycles. The zero-order chi connectivity index (χ0) is 49.6. The second-order valence-corrected chi connectivity index (χ2v) is 22.2. The first-order valence-corrected chi connectivity index (χ1v) is 27.4. The first-order valence-electron chi connectivity index (χ1n) is 25.7. The molecule has 0 unspecified atom stereocenters. The molecule has 0 amide bonds. The lowest BCUT2D eigenvalue weighted by molar-refractivity contribution is 0.669. The number of hydrogen-bond acceptors (Lipinski definition) is 6. The number of hydrogen-bond donors (Lipinski definition) is 0. The second-order valence-electron chi connectivity index (χ2n) is 20.1. The lowest BCUT2D eigenvalue weighted by Gasteiger charge is -2.30. The van der Waals surface area contributed by atoms with E-state index in [0.29, 0.717) is 17.5 Å². The number of furan rings is 1. The van der Waals surface area contributed by atoms with Crippen molar-refractivity contribution in [3.8, 4) is 78.7 Å². The highest BCUT2D eigenvalue weighted by Crippen LogP contribution is 2.64. The molecule has 4 aromatic heterocycles. The summed E-state index contributed by atoms with van der Waals surface area (Å²) in [6, 6.07) is 86.1. The van der Waals surface area contributed by atoms with Gasteiger partial charge in [-0.2, -0.15) is 0 Å². The van der Waals surface area contributed by atoms with Crippen molar-refractivity contribution >= 4 is 85.0 Å². The van der Waals surface area contributed by atoms with Crippen molar-refractivity contribution in [2.24, 2.45) is 0 Å². The van der Waals surface area contributed by atoms with E-state index >= 15 is 0 Å². The molecule has 1 spiro atoms. The predicted octanol–water partition coefficient (Wildman–Crippen LogP) is 19.2. The van der Waals surface area contributed by atoms with Crippen molar-refractivity contribution in [2.45, 2.75) is 5.41 Å². The van der Waals surface area contributed by atoms with Crippen LogP contribution in [0.1, 0.15) is 22.3 Å². The summed E-state index contributed by atoms with van der Waals surface area (Å²) in [5.74, 6) is 1.86. The number of rotatable bonds is 5. The van der Waals surface area contributed by atoms with E-state index in [9.17, 15) is 0 Å². The maximum absolute atomic E-state index is 6.67. The minimum absolute atomic E-state index is 0.387. The highest BCUT2D eigenvalue weighted by atomic mass is 32.1. The van der Waals surface area contributed by atoms with E-state index in [4.69, 9.17) is 19.4 Å². The van der Waals surface area contributed by atoms with Crippen molar-refractivity contribution in [1.29, 1.82) is 0 Å². The van der Waals surface area contributed by atoms with Gasteiger partial charge in [0.1, 0.15) is 11.2 Å². The zero-order valence-corrected chi connectivity index (χ0v) is 42.2. The third-order valence-corrected chi connectivity index (χ3v) is 18.5. The Bertz CT molecular complexity index is 4920. The minimum atomic E-state index is -0.387. The van der Waals surface area contributed by atoms with Crippen molar-refractivity contribution in [3.63, 3.8) is 0 Å². The van der Waals surface area contributed by atoms with Crippen LogP contribution in [-0.4, -0.2) is 15.0 Å². The predicted molar refractivity (Wildman–Crippen MR) is 316 cm³/mol. The standard InChI is InChI=1S/C70H39N3OS2/c1-6-22-54-45(14-1)46-15-2-7-23-55(46)70(54)56-24-8-3-17-48(56)64-44(19-11-25-57(64)70)41-32-30-40(31-33-41)42-34-36-58-53(38-42)65-50(20-12-26-59(65)74-58)68-71-67(43-35-37-62-52(39-43)47-16-4-9-27-60(47)75-62)72-69(73-68)51-21-13-29-63-66(51)49-18-5-10-28-61(49)76-63/h1-39H. The summed E-state index contributed by atoms with van der Waals surface area (Å²) in [5, 5.41) is 6.77. The Kier molecular flexibility index (Phi) is 8.77. The first-order chi connectivity index (χ1) is 37.7. The van der Waals surface area contributed by atoms with Gasteiger partial charge in [0.05, 0.1) is 5.41 Å². The Balaban J connectivity index is 0.808. The van der Waals surface area contributed by atoms with E-state index in [1.165, 1.54) is 90.6 Å². The van der Waals surface area contributed by atoms with Crippen molar-refractivity contribution in [3.05, 3.63) is 259 Å². The average molecular weight is 1000 g/mol. The van der Waals surface area contributed by atoms with Crippen molar-refractivity contribution in [1.82, 2.24) is 15.0 Å². The van der Waals surface area contributed by atoms with E-state index in [1.54, 1.807) is 11.3 Å². The summed E-state index contributed by atoms with van der Waals surface area (Å²) in [4.78, 5) is 16.2. The zero-order valence-electron chi connectivity index (χ0n) is 40.6. The summed E-state index contributed by atoms with van der Waals surface area (Å²) >= 11 is 3.61. The number of aromatic nitrogens is 3. The number of fused-ring (bicyclic) bond motifs is 19. The number of nitrogens with zero attached hydrogens (tertiary/aromatic N) is 3. The van der Waals surface area contributed by atoms with Gasteiger partial charge in [-0.15, -0.1) is 22.7 Å². The molecule has 0 N–H and O–H groups in total. The molecule has 17 rings (SSSR count). The fraction of sp³-hybridized carbons (Fsp3) is 0.0143. The Morgan fingerprint density at radius 1 is 0.289 bits per heavy atom. The minimum Gasteiger partial charge on any atom is -0.456 e. The number of benzene rings is 11. The molecule has 15 aromatic rings. The van der Waals surface area contributed by atoms with Gasteiger partial charge in [0.15, 0.2) is 17.5 Å². The molecule has 0 radical (unpaired) electrons. The molecule has 0 fully saturated rings. The molecule has 2 aliphatic rings. The van der Waals surface area contributed by atoms with Gasteiger partial charge in [0.25, 0.3) is 0 Å². The van der Waals surface area contributed by atoms with Gasteiger partial charge in [-0.25, -0.2) is 15.0 Å². The summed E-state index contributed by atoms with van der Waals surface area (Å²) in [7, 11) is 0. The van der Waals surface area contributed by atoms with Gasteiger partial charge in [-0.3, -0.25) is 0 Å². The smallest absolute Gasteiger partial charge is 0.164 e. The fourth-order valence-corrected chi connectivity index (χ4v) is 15.2. The van der Waals surface area contributed by atoms with Crippen LogP contribution < -0.4 is 0 Å². The van der Waals surface area contributed by atoms with Gasteiger partial charge in [0, 0.05) is 67.8 Å². The summed E-state index contributed by atoms with van der Waals surface area (Å²) in [6.45, 7) is 0. The Morgan fingerprint density at radius 3 is 1.57 bits per heavy atom. The van der Waals surface area contributed by atoms with Crippen molar-refractivity contribution < 1.29 is 4.42 Å². The second kappa shape index (κ2) is 15.8. The summed E-state index contributed by atoms with van der Waals surface area (Å²) < 4.78 is 11.6. The third-order valence-electron chi connectivity index (χ3n) is 16.2. The number of thiophene rings is 2. The SMILES string of the molecule is c1ccc2c(c1)-c1ccccc1C21c2ccccc2-c2c(-c3ccc(-c4ccc5oc6cccc(-c7nc(-c8ccc9sc%10ccccc%10c9c8)nc(-c8cccc9sc%10ccccc%10c89)n7)c6c5c4)cc3)cccc21. The van der Waals surface area contributed by atoms with Gasteiger partial charge in [-0.05, 0) is 121 Å². The molecule has 0 aliphatic heterocycles. The molecular weight excluding hydrogens is 963 g/mol. The van der Waals surface area contributed by atoms with Gasteiger partial charge in [0.2, 0.25) is 0 Å². The van der Waals surface area contributed by atoms with Crippen LogP contribution in [-0.2, 0) is 5.41 Å². The van der Waals surface area contributed by atoms with Crippen LogP contribution >= 0.6 is 22.7 Å². The fourth-order valence-electron chi connectivity index (χ4n) is 13.0. The molecule has 11 aromatic carbocycles. The van der Waals surface area contributed by atoms with Crippen LogP contribution in [0.3, 0.4) is 0 Å². The maximum atomic E-state index is 6.67. The van der Waals surface area contributed by atoms with E-state index in [-0.39, 0.29) is 5.41 Å². The molecule has 2 aliphatic carbocycles. The van der Waals surface area contributed by atoms with Gasteiger partial charge in [-0.1, -0.05) is 182 Å². The molecule has 6 heteroatoms. The molecule has 4 nitrogen and oxygen atoms in total. The average Bonchev–Trinajstić information content (AvgIpc) is 3.97. The molecule has 0 bridgehead atoms. The van der Waals surface area contributed by atoms with Gasteiger partial charge >= 0.3 is 0 Å². The van der Waals surface area contributed by atoms with Gasteiger partial charge < -0.3 is 4.42 Å². The molecule has 0 saturated carbocycles. The van der Waals surface area contributed by atoms with Crippen LogP contribution in [0.5, 0.6) is 0 Å². The summed E-state index contributed by atoms with van der Waals surface area (Å²) in [6.07, 6.45) is 0. The van der Waals surface area contributed by atoms with E-state index < -0.39 is 0 Å². The lowest BCUT2D eigenvalue weighted by atomic mass is 9.70. The first kappa shape index (κ1) is 42.1. The highest BCUT2D eigenvalue weighted by Gasteiger charge is 2.52. The Labute approximate surface area is 444 Å². The molecule has 0 saturated heterocycles.